The van der Waals surface area contributed by atoms with Gasteiger partial charge in [-0.2, -0.15) is 0 Å². The van der Waals surface area contributed by atoms with Crippen molar-refractivity contribution in [3.63, 3.8) is 0 Å². The Balaban J connectivity index is 1.70. The first kappa shape index (κ1) is 21.0. The summed E-state index contributed by atoms with van der Waals surface area (Å²) in [7, 11) is 0. The van der Waals surface area contributed by atoms with Crippen LogP contribution in [0.25, 0.3) is 0 Å². The number of carbonyl (C=O) groups is 1. The van der Waals surface area contributed by atoms with Crippen LogP contribution in [-0.4, -0.2) is 23.7 Å². The normalized spacial score (nSPS) is 12.2. The number of rotatable bonds is 8. The summed E-state index contributed by atoms with van der Waals surface area (Å²) in [6, 6.07) is 12.4. The van der Waals surface area contributed by atoms with Gasteiger partial charge in [-0.3, -0.25) is 19.4 Å². The summed E-state index contributed by atoms with van der Waals surface area (Å²) >= 11 is 0. The van der Waals surface area contributed by atoms with Gasteiger partial charge in [0, 0.05) is 11.6 Å². The van der Waals surface area contributed by atoms with Crippen LogP contribution in [0.2, 0.25) is 0 Å². The minimum Gasteiger partial charge on any atom is -0.484 e. The van der Waals surface area contributed by atoms with E-state index in [0.29, 0.717) is 11.4 Å². The standard InChI is InChI=1S/C22H24N4O4/c1-22(2,3)21(25-16(27)13-30-15-9-5-4-6-10-15)26-18-17(19(28)20(18)29)24-14-8-7-11-23-12-14/h4-12,21,24,26H,13H2,1-3H3,(H,25,27). The van der Waals surface area contributed by atoms with Gasteiger partial charge in [-0.15, -0.1) is 0 Å². The number of anilines is 3. The number of amides is 1. The zero-order valence-electron chi connectivity index (χ0n) is 17.1. The van der Waals surface area contributed by atoms with Crippen molar-refractivity contribution in [1.82, 2.24) is 10.3 Å². The summed E-state index contributed by atoms with van der Waals surface area (Å²) in [6.07, 6.45) is 2.54. The average Bonchev–Trinajstić information content (AvgIpc) is 2.74. The van der Waals surface area contributed by atoms with E-state index in [4.69, 9.17) is 4.74 Å². The summed E-state index contributed by atoms with van der Waals surface area (Å²) in [5.74, 6) is 0.227. The summed E-state index contributed by atoms with van der Waals surface area (Å²) in [6.45, 7) is 5.54. The van der Waals surface area contributed by atoms with E-state index in [0.717, 1.165) is 0 Å². The highest BCUT2D eigenvalue weighted by Crippen LogP contribution is 2.25. The molecule has 0 aliphatic heterocycles. The summed E-state index contributed by atoms with van der Waals surface area (Å²) < 4.78 is 5.47. The van der Waals surface area contributed by atoms with Gasteiger partial charge >= 0.3 is 0 Å². The second-order valence-electron chi connectivity index (χ2n) is 7.89. The van der Waals surface area contributed by atoms with Crippen molar-refractivity contribution >= 4 is 23.0 Å². The summed E-state index contributed by atoms with van der Waals surface area (Å²) in [5.41, 5.74) is -0.836. The quantitative estimate of drug-likeness (QED) is 0.388. The monoisotopic (exact) mass is 408 g/mol. The summed E-state index contributed by atoms with van der Waals surface area (Å²) in [5, 5.41) is 8.76. The number of pyridine rings is 1. The number of ether oxygens (including phenoxy) is 1. The molecule has 156 valence electrons. The third-order valence-corrected chi connectivity index (χ3v) is 4.41. The van der Waals surface area contributed by atoms with E-state index < -0.39 is 22.4 Å². The van der Waals surface area contributed by atoms with Crippen LogP contribution in [0.15, 0.2) is 64.4 Å². The van der Waals surface area contributed by atoms with Crippen LogP contribution in [0.5, 0.6) is 5.75 Å². The first-order chi connectivity index (χ1) is 14.3. The van der Waals surface area contributed by atoms with Crippen LogP contribution in [0.3, 0.4) is 0 Å². The fourth-order valence-corrected chi connectivity index (χ4v) is 2.71. The fourth-order valence-electron chi connectivity index (χ4n) is 2.71. The lowest BCUT2D eigenvalue weighted by atomic mass is 9.91. The van der Waals surface area contributed by atoms with Crippen molar-refractivity contribution in [3.05, 3.63) is 75.3 Å². The van der Waals surface area contributed by atoms with E-state index in [1.165, 1.54) is 0 Å². The Labute approximate surface area is 174 Å². The van der Waals surface area contributed by atoms with Gasteiger partial charge < -0.3 is 20.7 Å². The number of nitrogens with zero attached hydrogens (tertiary/aromatic N) is 1. The van der Waals surface area contributed by atoms with Crippen LogP contribution < -0.4 is 31.5 Å². The highest BCUT2D eigenvalue weighted by Gasteiger charge is 2.31. The van der Waals surface area contributed by atoms with Crippen LogP contribution >= 0.6 is 0 Å². The van der Waals surface area contributed by atoms with Gasteiger partial charge in [-0.25, -0.2) is 0 Å². The van der Waals surface area contributed by atoms with Gasteiger partial charge in [-0.05, 0) is 24.3 Å². The first-order valence-corrected chi connectivity index (χ1v) is 9.50. The molecule has 30 heavy (non-hydrogen) atoms. The topological polar surface area (TPSA) is 109 Å². The molecule has 3 N–H and O–H groups in total. The molecule has 2 aromatic carbocycles. The van der Waals surface area contributed by atoms with Gasteiger partial charge in [0.1, 0.15) is 23.3 Å². The number of aromatic nitrogens is 1. The lowest BCUT2D eigenvalue weighted by Gasteiger charge is -2.33. The molecule has 1 atom stereocenters. The first-order valence-electron chi connectivity index (χ1n) is 9.50. The minimum atomic E-state index is -0.634. The molecular formula is C22H24N4O4. The molecule has 3 rings (SSSR count). The molecule has 0 saturated heterocycles. The predicted molar refractivity (Wildman–Crippen MR) is 116 cm³/mol. The molecule has 1 unspecified atom stereocenters. The van der Waals surface area contributed by atoms with E-state index in [1.807, 2.05) is 39.0 Å². The van der Waals surface area contributed by atoms with Crippen molar-refractivity contribution < 1.29 is 9.53 Å². The van der Waals surface area contributed by atoms with Gasteiger partial charge in [0.15, 0.2) is 6.61 Å². The van der Waals surface area contributed by atoms with E-state index >= 15 is 0 Å². The molecule has 0 fully saturated rings. The molecule has 1 heterocycles. The van der Waals surface area contributed by atoms with Crippen molar-refractivity contribution in [2.45, 2.75) is 26.9 Å². The van der Waals surface area contributed by atoms with Crippen molar-refractivity contribution in [1.29, 1.82) is 0 Å². The fraction of sp³-hybridized carbons (Fsp3) is 0.273. The number of carbonyl (C=O) groups excluding carboxylic acids is 1. The molecule has 0 bridgehead atoms. The lowest BCUT2D eigenvalue weighted by molar-refractivity contribution is -0.124. The van der Waals surface area contributed by atoms with Gasteiger partial charge in [-0.1, -0.05) is 39.0 Å². The van der Waals surface area contributed by atoms with Crippen LogP contribution in [0.1, 0.15) is 20.8 Å². The molecule has 8 nitrogen and oxygen atoms in total. The number of para-hydroxylation sites is 1. The Morgan fingerprint density at radius 2 is 1.73 bits per heavy atom. The van der Waals surface area contributed by atoms with Crippen LogP contribution in [-0.2, 0) is 4.79 Å². The minimum absolute atomic E-state index is 0.132. The van der Waals surface area contributed by atoms with Gasteiger partial charge in [0.05, 0.1) is 11.9 Å². The summed E-state index contributed by atoms with van der Waals surface area (Å²) in [4.78, 5) is 40.6. The number of hydrogen-bond acceptors (Lipinski definition) is 7. The SMILES string of the molecule is CC(C)(C)C(NC(=O)COc1ccccc1)Nc1c(Nc2cccnc2)c(=O)c1=O. The third-order valence-electron chi connectivity index (χ3n) is 4.41. The number of hydrogen-bond donors (Lipinski definition) is 3. The molecule has 0 saturated carbocycles. The lowest BCUT2D eigenvalue weighted by Crippen LogP contribution is -2.52. The smallest absolute Gasteiger partial charge is 0.259 e. The maximum atomic E-state index is 12.4. The Kier molecular flexibility index (Phi) is 6.15. The van der Waals surface area contributed by atoms with E-state index in [1.54, 1.807) is 36.7 Å². The largest absolute Gasteiger partial charge is 0.484 e. The number of nitrogens with one attached hydrogen (secondary N) is 3. The van der Waals surface area contributed by atoms with Crippen molar-refractivity contribution in [2.75, 3.05) is 17.2 Å². The Bertz CT molecular complexity index is 1070. The highest BCUT2D eigenvalue weighted by molar-refractivity contribution is 5.81. The predicted octanol–water partition coefficient (Wildman–Crippen LogP) is 2.40. The Morgan fingerprint density at radius 3 is 2.37 bits per heavy atom. The van der Waals surface area contributed by atoms with Crippen LogP contribution in [0.4, 0.5) is 17.1 Å². The van der Waals surface area contributed by atoms with E-state index in [-0.39, 0.29) is 23.9 Å². The molecular weight excluding hydrogens is 384 g/mol. The third kappa shape index (κ3) is 5.02. The van der Waals surface area contributed by atoms with Crippen LogP contribution in [0, 0.1) is 5.41 Å². The van der Waals surface area contributed by atoms with Crippen molar-refractivity contribution in [3.8, 4) is 5.75 Å². The van der Waals surface area contributed by atoms with Gasteiger partial charge in [0.25, 0.3) is 16.8 Å². The second kappa shape index (κ2) is 8.77. The molecule has 0 aliphatic carbocycles. The molecule has 8 heteroatoms. The average molecular weight is 408 g/mol. The zero-order chi connectivity index (χ0) is 21.7. The Hall–Kier alpha value is -3.68. The Morgan fingerprint density at radius 1 is 1.03 bits per heavy atom. The molecule has 1 amide bonds. The molecule has 1 aromatic heterocycles. The van der Waals surface area contributed by atoms with Crippen molar-refractivity contribution in [2.24, 2.45) is 5.41 Å². The number of benzene rings is 1. The maximum absolute atomic E-state index is 12.4. The van der Waals surface area contributed by atoms with E-state index in [9.17, 15) is 14.4 Å². The molecule has 3 aromatic rings. The maximum Gasteiger partial charge on any atom is 0.259 e. The van der Waals surface area contributed by atoms with Gasteiger partial charge in [0.2, 0.25) is 0 Å². The highest BCUT2D eigenvalue weighted by atomic mass is 16.5. The zero-order valence-corrected chi connectivity index (χ0v) is 17.1. The second-order valence-corrected chi connectivity index (χ2v) is 7.89. The molecule has 0 aliphatic rings. The molecule has 0 spiro atoms. The van der Waals surface area contributed by atoms with E-state index in [2.05, 4.69) is 20.9 Å². The molecule has 0 radical (unpaired) electrons.